The maximum atomic E-state index is 12.4. The number of furan rings is 1. The molecular weight excluding hydrogens is 336 g/mol. The van der Waals surface area contributed by atoms with Crippen LogP contribution in [-0.4, -0.2) is 31.3 Å². The molecule has 0 fully saturated rings. The summed E-state index contributed by atoms with van der Waals surface area (Å²) in [6, 6.07) is 10.5. The molecule has 1 N–H and O–H groups in total. The number of methoxy groups -OCH3 is 2. The van der Waals surface area contributed by atoms with Crippen LogP contribution in [-0.2, 0) is 6.42 Å². The quantitative estimate of drug-likeness (QED) is 0.699. The lowest BCUT2D eigenvalue weighted by atomic mass is 10.1. The minimum absolute atomic E-state index is 0.111. The van der Waals surface area contributed by atoms with E-state index >= 15 is 0 Å². The summed E-state index contributed by atoms with van der Waals surface area (Å²) < 4.78 is 21.2. The second-order valence-corrected chi connectivity index (χ2v) is 5.80. The van der Waals surface area contributed by atoms with Crippen LogP contribution in [0, 0.1) is 0 Å². The van der Waals surface area contributed by atoms with Gasteiger partial charge in [-0.25, -0.2) is 0 Å². The molecule has 7 nitrogen and oxygen atoms in total. The highest BCUT2D eigenvalue weighted by molar-refractivity contribution is 5.93. The minimum Gasteiger partial charge on any atom is -0.497 e. The zero-order valence-corrected chi connectivity index (χ0v) is 14.8. The second-order valence-electron chi connectivity index (χ2n) is 5.80. The Morgan fingerprint density at radius 1 is 1.23 bits per heavy atom. The van der Waals surface area contributed by atoms with E-state index < -0.39 is 0 Å². The van der Waals surface area contributed by atoms with Crippen LogP contribution in [0.1, 0.15) is 23.2 Å². The third-order valence-corrected chi connectivity index (χ3v) is 3.88. The Hall–Kier alpha value is -3.22. The first-order chi connectivity index (χ1) is 12.6. The summed E-state index contributed by atoms with van der Waals surface area (Å²) in [6.45, 7) is 1.90. The van der Waals surface area contributed by atoms with E-state index in [9.17, 15) is 4.79 Å². The Balaban J connectivity index is 1.74. The number of hydrogen-bond donors (Lipinski definition) is 1. The molecule has 7 heteroatoms. The molecular formula is C19H20N2O5. The number of amides is 1. The first kappa shape index (κ1) is 17.6. The standard InChI is InChI=1S/C19H20N2O5/c1-12(9-14-5-4-8-25-14)20-19(22)16-11-18(26-21-16)15-10-13(23-2)6-7-17(15)24-3/h4-8,10-12H,9H2,1-3H3,(H,20,22). The van der Waals surface area contributed by atoms with Gasteiger partial charge in [0, 0.05) is 18.5 Å². The van der Waals surface area contributed by atoms with Crippen LogP contribution in [0.3, 0.4) is 0 Å². The van der Waals surface area contributed by atoms with Crippen molar-refractivity contribution in [3.05, 3.63) is 54.1 Å². The minimum atomic E-state index is -0.319. The van der Waals surface area contributed by atoms with E-state index in [-0.39, 0.29) is 17.6 Å². The molecule has 1 unspecified atom stereocenters. The fourth-order valence-electron chi connectivity index (χ4n) is 2.60. The number of carbonyl (C=O) groups excluding carboxylic acids is 1. The van der Waals surface area contributed by atoms with Crippen LogP contribution in [0.4, 0.5) is 0 Å². The third-order valence-electron chi connectivity index (χ3n) is 3.88. The van der Waals surface area contributed by atoms with Crippen LogP contribution in [0.2, 0.25) is 0 Å². The van der Waals surface area contributed by atoms with Gasteiger partial charge in [0.2, 0.25) is 0 Å². The van der Waals surface area contributed by atoms with Crippen molar-refractivity contribution in [1.82, 2.24) is 10.5 Å². The molecule has 0 aliphatic carbocycles. The molecule has 0 aliphatic rings. The van der Waals surface area contributed by atoms with Gasteiger partial charge in [0.05, 0.1) is 26.0 Å². The highest BCUT2D eigenvalue weighted by atomic mass is 16.5. The highest BCUT2D eigenvalue weighted by Gasteiger charge is 2.19. The molecule has 2 heterocycles. The summed E-state index contributed by atoms with van der Waals surface area (Å²) in [4.78, 5) is 12.4. The predicted molar refractivity (Wildman–Crippen MR) is 94.4 cm³/mol. The van der Waals surface area contributed by atoms with Crippen molar-refractivity contribution in [2.45, 2.75) is 19.4 Å². The highest BCUT2D eigenvalue weighted by Crippen LogP contribution is 2.33. The van der Waals surface area contributed by atoms with E-state index in [2.05, 4.69) is 10.5 Å². The number of benzene rings is 1. The molecule has 0 spiro atoms. The van der Waals surface area contributed by atoms with E-state index in [1.165, 1.54) is 0 Å². The van der Waals surface area contributed by atoms with Gasteiger partial charge in [-0.2, -0.15) is 0 Å². The maximum absolute atomic E-state index is 12.4. The normalized spacial score (nSPS) is 11.8. The Morgan fingerprint density at radius 3 is 2.77 bits per heavy atom. The van der Waals surface area contributed by atoms with Gasteiger partial charge in [0.15, 0.2) is 11.5 Å². The number of aromatic nitrogens is 1. The fraction of sp³-hybridized carbons (Fsp3) is 0.263. The SMILES string of the molecule is COc1ccc(OC)c(-c2cc(C(=O)NC(C)Cc3ccco3)no2)c1. The average molecular weight is 356 g/mol. The molecule has 0 saturated carbocycles. The summed E-state index contributed by atoms with van der Waals surface area (Å²) in [5.74, 6) is 2.15. The number of ether oxygens (including phenoxy) is 2. The number of rotatable bonds is 7. The largest absolute Gasteiger partial charge is 0.497 e. The van der Waals surface area contributed by atoms with Crippen molar-refractivity contribution in [3.8, 4) is 22.8 Å². The lowest BCUT2D eigenvalue weighted by molar-refractivity contribution is 0.0930. The van der Waals surface area contributed by atoms with Gasteiger partial charge < -0.3 is 23.7 Å². The molecule has 0 radical (unpaired) electrons. The third kappa shape index (κ3) is 3.88. The molecule has 0 aliphatic heterocycles. The van der Waals surface area contributed by atoms with Gasteiger partial charge >= 0.3 is 0 Å². The van der Waals surface area contributed by atoms with Crippen LogP contribution >= 0.6 is 0 Å². The fourth-order valence-corrected chi connectivity index (χ4v) is 2.60. The molecule has 1 atom stereocenters. The van der Waals surface area contributed by atoms with Gasteiger partial charge in [-0.05, 0) is 37.3 Å². The molecule has 3 rings (SSSR count). The van der Waals surface area contributed by atoms with Crippen molar-refractivity contribution in [2.75, 3.05) is 14.2 Å². The van der Waals surface area contributed by atoms with Gasteiger partial charge in [0.25, 0.3) is 5.91 Å². The molecule has 0 bridgehead atoms. The summed E-state index contributed by atoms with van der Waals surface area (Å²) >= 11 is 0. The van der Waals surface area contributed by atoms with E-state index in [1.54, 1.807) is 44.7 Å². The van der Waals surface area contributed by atoms with Crippen molar-refractivity contribution in [1.29, 1.82) is 0 Å². The van der Waals surface area contributed by atoms with Gasteiger partial charge in [0.1, 0.15) is 17.3 Å². The Morgan fingerprint density at radius 2 is 2.08 bits per heavy atom. The van der Waals surface area contributed by atoms with Crippen molar-refractivity contribution in [2.24, 2.45) is 0 Å². The maximum Gasteiger partial charge on any atom is 0.273 e. The van der Waals surface area contributed by atoms with Crippen molar-refractivity contribution in [3.63, 3.8) is 0 Å². The smallest absolute Gasteiger partial charge is 0.273 e. The number of nitrogens with zero attached hydrogens (tertiary/aromatic N) is 1. The summed E-state index contributed by atoms with van der Waals surface area (Å²) in [5, 5.41) is 6.74. The zero-order chi connectivity index (χ0) is 18.5. The first-order valence-electron chi connectivity index (χ1n) is 8.13. The van der Waals surface area contributed by atoms with E-state index in [0.29, 0.717) is 29.2 Å². The molecule has 3 aromatic rings. The topological polar surface area (TPSA) is 86.7 Å². The molecule has 136 valence electrons. The zero-order valence-electron chi connectivity index (χ0n) is 14.8. The average Bonchev–Trinajstić information content (AvgIpc) is 3.32. The number of carbonyl (C=O) groups is 1. The summed E-state index contributed by atoms with van der Waals surface area (Å²) in [6.07, 6.45) is 2.20. The summed E-state index contributed by atoms with van der Waals surface area (Å²) in [7, 11) is 3.14. The molecule has 1 aromatic carbocycles. The van der Waals surface area contributed by atoms with Crippen molar-refractivity contribution < 1.29 is 23.2 Å². The molecule has 0 saturated heterocycles. The summed E-state index contributed by atoms with van der Waals surface area (Å²) in [5.41, 5.74) is 0.846. The van der Waals surface area contributed by atoms with Crippen molar-refractivity contribution >= 4 is 5.91 Å². The van der Waals surface area contributed by atoms with Gasteiger partial charge in [-0.3, -0.25) is 4.79 Å². The van der Waals surface area contributed by atoms with Crippen LogP contribution in [0.25, 0.3) is 11.3 Å². The van der Waals surface area contributed by atoms with Gasteiger partial charge in [-0.15, -0.1) is 0 Å². The molecule has 1 amide bonds. The van der Waals surface area contributed by atoms with Gasteiger partial charge in [-0.1, -0.05) is 5.16 Å². The van der Waals surface area contributed by atoms with E-state index in [4.69, 9.17) is 18.4 Å². The Bertz CT molecular complexity index is 870. The first-order valence-corrected chi connectivity index (χ1v) is 8.13. The lowest BCUT2D eigenvalue weighted by Gasteiger charge is -2.10. The Labute approximate surface area is 150 Å². The van der Waals surface area contributed by atoms with Crippen LogP contribution in [0.5, 0.6) is 11.5 Å². The lowest BCUT2D eigenvalue weighted by Crippen LogP contribution is -2.34. The molecule has 2 aromatic heterocycles. The van der Waals surface area contributed by atoms with Crippen LogP contribution < -0.4 is 14.8 Å². The monoisotopic (exact) mass is 356 g/mol. The predicted octanol–water partition coefficient (Wildman–Crippen LogP) is 3.31. The van der Waals surface area contributed by atoms with Crippen LogP contribution in [0.15, 0.2) is 51.6 Å². The number of hydrogen-bond acceptors (Lipinski definition) is 6. The van der Waals surface area contributed by atoms with E-state index in [0.717, 1.165) is 5.76 Å². The number of nitrogens with one attached hydrogen (secondary N) is 1. The Kier molecular flexibility index (Phi) is 5.26. The second kappa shape index (κ2) is 7.77. The molecule has 26 heavy (non-hydrogen) atoms. The van der Waals surface area contributed by atoms with E-state index in [1.807, 2.05) is 19.1 Å².